The number of hydrogen-bond donors (Lipinski definition) is 3. The van der Waals surface area contributed by atoms with Crippen molar-refractivity contribution in [1.82, 2.24) is 15.1 Å². The lowest BCUT2D eigenvalue weighted by Gasteiger charge is -2.08. The Morgan fingerprint density at radius 3 is 2.25 bits per heavy atom. The Bertz CT molecular complexity index is 844. The maximum absolute atomic E-state index is 11.0. The maximum atomic E-state index is 11.0. The van der Waals surface area contributed by atoms with Crippen LogP contribution in [0.2, 0.25) is 0 Å². The molecule has 3 N–H and O–H groups in total. The second-order valence-corrected chi connectivity index (χ2v) is 5.12. The van der Waals surface area contributed by atoms with E-state index in [9.17, 15) is 4.79 Å². The minimum absolute atomic E-state index is 0.106. The van der Waals surface area contributed by atoms with Crippen LogP contribution in [0.4, 0.5) is 28.8 Å². The van der Waals surface area contributed by atoms with Gasteiger partial charge in [-0.1, -0.05) is 5.16 Å². The number of rotatable bonds is 5. The van der Waals surface area contributed by atoms with E-state index in [0.29, 0.717) is 23.2 Å². The SMILES string of the molecule is CC(=O)Nc1ccc(Nc2cc(Nc3cc(C)on3)ncn2)cc1. The Morgan fingerprint density at radius 1 is 0.958 bits per heavy atom. The largest absolute Gasteiger partial charge is 0.360 e. The minimum atomic E-state index is -0.106. The molecular formula is C16H16N6O2. The first kappa shape index (κ1) is 15.5. The van der Waals surface area contributed by atoms with E-state index >= 15 is 0 Å². The maximum Gasteiger partial charge on any atom is 0.221 e. The number of carbonyl (C=O) groups excluding carboxylic acids is 1. The molecule has 2 heterocycles. The molecule has 0 fully saturated rings. The van der Waals surface area contributed by atoms with Crippen LogP contribution in [-0.4, -0.2) is 21.0 Å². The number of hydrogen-bond acceptors (Lipinski definition) is 7. The van der Waals surface area contributed by atoms with Crippen LogP contribution in [0.15, 0.2) is 47.2 Å². The van der Waals surface area contributed by atoms with Gasteiger partial charge in [0.05, 0.1) is 0 Å². The van der Waals surface area contributed by atoms with Crippen molar-refractivity contribution >= 4 is 34.7 Å². The molecule has 0 radical (unpaired) electrons. The molecule has 1 amide bonds. The van der Waals surface area contributed by atoms with E-state index in [1.807, 2.05) is 31.2 Å². The summed E-state index contributed by atoms with van der Waals surface area (Å²) < 4.78 is 5.00. The molecule has 122 valence electrons. The van der Waals surface area contributed by atoms with E-state index < -0.39 is 0 Å². The fourth-order valence-corrected chi connectivity index (χ4v) is 2.04. The molecule has 2 aromatic heterocycles. The third-order valence-corrected chi connectivity index (χ3v) is 3.03. The molecule has 3 rings (SSSR count). The highest BCUT2D eigenvalue weighted by atomic mass is 16.5. The zero-order chi connectivity index (χ0) is 16.9. The van der Waals surface area contributed by atoms with Gasteiger partial charge in [-0.25, -0.2) is 9.97 Å². The van der Waals surface area contributed by atoms with E-state index in [2.05, 4.69) is 31.1 Å². The molecule has 1 aromatic carbocycles. The predicted octanol–water partition coefficient (Wildman–Crippen LogP) is 3.22. The number of nitrogens with zero attached hydrogens (tertiary/aromatic N) is 3. The molecular weight excluding hydrogens is 308 g/mol. The summed E-state index contributed by atoms with van der Waals surface area (Å²) in [4.78, 5) is 19.3. The van der Waals surface area contributed by atoms with Crippen molar-refractivity contribution in [1.29, 1.82) is 0 Å². The normalized spacial score (nSPS) is 10.2. The van der Waals surface area contributed by atoms with Crippen molar-refractivity contribution < 1.29 is 9.32 Å². The van der Waals surface area contributed by atoms with Crippen molar-refractivity contribution in [3.05, 3.63) is 48.5 Å². The van der Waals surface area contributed by atoms with Crippen LogP contribution in [0.3, 0.4) is 0 Å². The summed E-state index contributed by atoms with van der Waals surface area (Å²) >= 11 is 0. The van der Waals surface area contributed by atoms with E-state index in [1.54, 1.807) is 12.1 Å². The number of amides is 1. The molecule has 8 heteroatoms. The molecule has 0 spiro atoms. The van der Waals surface area contributed by atoms with Crippen LogP contribution >= 0.6 is 0 Å². The summed E-state index contributed by atoms with van der Waals surface area (Å²) in [7, 11) is 0. The number of carbonyl (C=O) groups is 1. The average molecular weight is 324 g/mol. The monoisotopic (exact) mass is 324 g/mol. The molecule has 3 aromatic rings. The molecule has 0 aliphatic heterocycles. The molecule has 8 nitrogen and oxygen atoms in total. The zero-order valence-corrected chi connectivity index (χ0v) is 13.2. The van der Waals surface area contributed by atoms with Crippen molar-refractivity contribution in [3.63, 3.8) is 0 Å². The Balaban J connectivity index is 1.69. The topological polar surface area (TPSA) is 105 Å². The van der Waals surface area contributed by atoms with Crippen molar-refractivity contribution in [2.75, 3.05) is 16.0 Å². The first-order valence-corrected chi connectivity index (χ1v) is 7.25. The highest BCUT2D eigenvalue weighted by Gasteiger charge is 2.04. The molecule has 0 aliphatic rings. The van der Waals surface area contributed by atoms with Crippen molar-refractivity contribution in [2.24, 2.45) is 0 Å². The van der Waals surface area contributed by atoms with E-state index in [-0.39, 0.29) is 5.91 Å². The number of aryl methyl sites for hydroxylation is 1. The fourth-order valence-electron chi connectivity index (χ4n) is 2.04. The van der Waals surface area contributed by atoms with Gasteiger partial charge in [0.25, 0.3) is 0 Å². The summed E-state index contributed by atoms with van der Waals surface area (Å²) in [6, 6.07) is 10.8. The Morgan fingerprint density at radius 2 is 1.62 bits per heavy atom. The van der Waals surface area contributed by atoms with Gasteiger partial charge in [-0.3, -0.25) is 4.79 Å². The van der Waals surface area contributed by atoms with E-state index in [1.165, 1.54) is 13.3 Å². The van der Waals surface area contributed by atoms with Gasteiger partial charge in [-0.15, -0.1) is 0 Å². The van der Waals surface area contributed by atoms with Crippen molar-refractivity contribution in [2.45, 2.75) is 13.8 Å². The Kier molecular flexibility index (Phi) is 4.37. The van der Waals surface area contributed by atoms with Crippen molar-refractivity contribution in [3.8, 4) is 0 Å². The molecule has 0 aliphatic carbocycles. The molecule has 0 unspecified atom stereocenters. The number of aromatic nitrogens is 3. The fraction of sp³-hybridized carbons (Fsp3) is 0.125. The van der Waals surface area contributed by atoms with Crippen LogP contribution in [0, 0.1) is 6.92 Å². The lowest BCUT2D eigenvalue weighted by molar-refractivity contribution is -0.114. The third-order valence-electron chi connectivity index (χ3n) is 3.03. The second-order valence-electron chi connectivity index (χ2n) is 5.12. The zero-order valence-electron chi connectivity index (χ0n) is 13.2. The van der Waals surface area contributed by atoms with Gasteiger partial charge in [0.2, 0.25) is 5.91 Å². The summed E-state index contributed by atoms with van der Waals surface area (Å²) in [6.07, 6.45) is 1.45. The predicted molar refractivity (Wildman–Crippen MR) is 90.6 cm³/mol. The van der Waals surface area contributed by atoms with Gasteiger partial charge in [-0.05, 0) is 31.2 Å². The second kappa shape index (κ2) is 6.78. The third kappa shape index (κ3) is 4.07. The van der Waals surface area contributed by atoms with Crippen LogP contribution in [0.1, 0.15) is 12.7 Å². The van der Waals surface area contributed by atoms with E-state index in [0.717, 1.165) is 11.4 Å². The first-order chi connectivity index (χ1) is 11.6. The highest BCUT2D eigenvalue weighted by Crippen LogP contribution is 2.20. The standard InChI is InChI=1S/C16H16N6O2/c1-10-7-16(22-24-10)21-15-8-14(17-9-18-15)20-13-5-3-12(4-6-13)19-11(2)23/h3-9H,1-2H3,(H,19,23)(H2,17,18,20,21,22). The lowest BCUT2D eigenvalue weighted by atomic mass is 10.2. The summed E-state index contributed by atoms with van der Waals surface area (Å²) in [5.41, 5.74) is 1.57. The molecule has 0 saturated carbocycles. The van der Waals surface area contributed by atoms with E-state index in [4.69, 9.17) is 4.52 Å². The number of nitrogens with one attached hydrogen (secondary N) is 3. The van der Waals surface area contributed by atoms with Crippen LogP contribution in [-0.2, 0) is 4.79 Å². The Labute approximate surface area is 138 Å². The molecule has 0 atom stereocenters. The van der Waals surface area contributed by atoms with Gasteiger partial charge in [0, 0.05) is 30.4 Å². The van der Waals surface area contributed by atoms with Crippen LogP contribution in [0.5, 0.6) is 0 Å². The average Bonchev–Trinajstić information content (AvgIpc) is 2.94. The van der Waals surface area contributed by atoms with Gasteiger partial charge in [-0.2, -0.15) is 0 Å². The molecule has 24 heavy (non-hydrogen) atoms. The van der Waals surface area contributed by atoms with Gasteiger partial charge < -0.3 is 20.5 Å². The minimum Gasteiger partial charge on any atom is -0.360 e. The quantitative estimate of drug-likeness (QED) is 0.661. The number of benzene rings is 1. The molecule has 0 saturated heterocycles. The lowest BCUT2D eigenvalue weighted by Crippen LogP contribution is -2.05. The summed E-state index contributed by atoms with van der Waals surface area (Å²) in [5.74, 6) is 2.40. The van der Waals surface area contributed by atoms with Gasteiger partial charge in [0.1, 0.15) is 23.7 Å². The summed E-state index contributed by atoms with van der Waals surface area (Å²) in [5, 5.41) is 12.8. The molecule has 0 bridgehead atoms. The summed E-state index contributed by atoms with van der Waals surface area (Å²) in [6.45, 7) is 3.29. The van der Waals surface area contributed by atoms with Crippen LogP contribution < -0.4 is 16.0 Å². The first-order valence-electron chi connectivity index (χ1n) is 7.25. The van der Waals surface area contributed by atoms with Crippen LogP contribution in [0.25, 0.3) is 0 Å². The Hall–Kier alpha value is -3.42. The van der Waals surface area contributed by atoms with Gasteiger partial charge >= 0.3 is 0 Å². The smallest absolute Gasteiger partial charge is 0.221 e. The van der Waals surface area contributed by atoms with Gasteiger partial charge in [0.15, 0.2) is 5.82 Å². The highest BCUT2D eigenvalue weighted by molar-refractivity contribution is 5.88. The number of anilines is 5.